The fraction of sp³-hybridized carbons (Fsp3) is 0.486. The van der Waals surface area contributed by atoms with Crippen LogP contribution in [-0.2, 0) is 0 Å². The lowest BCUT2D eigenvalue weighted by molar-refractivity contribution is 0.183. The summed E-state index contributed by atoms with van der Waals surface area (Å²) in [4.78, 5) is 0. The Hall–Kier alpha value is -3.94. The van der Waals surface area contributed by atoms with Crippen LogP contribution in [0, 0.1) is 0 Å². The third kappa shape index (κ3) is 10.4. The first-order valence-electron chi connectivity index (χ1n) is 15.9. The number of benzene rings is 2. The predicted octanol–water partition coefficient (Wildman–Crippen LogP) is 8.90. The van der Waals surface area contributed by atoms with Crippen LogP contribution in [0.4, 0.5) is 0 Å². The van der Waals surface area contributed by atoms with Crippen molar-refractivity contribution in [2.75, 3.05) is 7.11 Å². The number of para-hydroxylation sites is 2. The second kappa shape index (κ2) is 19.3. The fourth-order valence-electron chi connectivity index (χ4n) is 5.12. The fourth-order valence-corrected chi connectivity index (χ4v) is 5.12. The van der Waals surface area contributed by atoms with Gasteiger partial charge in [-0.25, -0.2) is 0 Å². The summed E-state index contributed by atoms with van der Waals surface area (Å²) in [6, 6.07) is 17.9. The molecule has 0 aliphatic rings. The summed E-state index contributed by atoms with van der Waals surface area (Å²) in [6.45, 7) is 8.83. The second-order valence-electron chi connectivity index (χ2n) is 10.7. The van der Waals surface area contributed by atoms with Crippen molar-refractivity contribution in [2.24, 2.45) is 0 Å². The minimum Gasteiger partial charge on any atom is -0.496 e. The molecule has 2 heterocycles. The Morgan fingerprint density at radius 1 is 0.651 bits per heavy atom. The highest BCUT2D eigenvalue weighted by Crippen LogP contribution is 2.39. The Balaban J connectivity index is 0.000000303. The van der Waals surface area contributed by atoms with Gasteiger partial charge in [0.25, 0.3) is 0 Å². The van der Waals surface area contributed by atoms with E-state index < -0.39 is 0 Å². The van der Waals surface area contributed by atoms with E-state index in [4.69, 9.17) is 9.47 Å². The number of aromatic nitrogens is 6. The lowest BCUT2D eigenvalue weighted by atomic mass is 9.95. The zero-order valence-electron chi connectivity index (χ0n) is 26.6. The summed E-state index contributed by atoms with van der Waals surface area (Å²) in [7, 11) is 1.66. The van der Waals surface area contributed by atoms with E-state index in [0.717, 1.165) is 58.8 Å². The first-order valence-corrected chi connectivity index (χ1v) is 15.9. The molecule has 0 saturated carbocycles. The van der Waals surface area contributed by atoms with Gasteiger partial charge in [-0.15, -0.1) is 20.4 Å². The van der Waals surface area contributed by atoms with Gasteiger partial charge in [0.05, 0.1) is 31.3 Å². The lowest BCUT2D eigenvalue weighted by Crippen LogP contribution is -2.15. The van der Waals surface area contributed by atoms with E-state index in [1.54, 1.807) is 19.5 Å². The maximum absolute atomic E-state index is 6.44. The number of rotatable bonds is 16. The zero-order valence-corrected chi connectivity index (χ0v) is 26.6. The van der Waals surface area contributed by atoms with Crippen molar-refractivity contribution >= 4 is 0 Å². The van der Waals surface area contributed by atoms with Gasteiger partial charge in [0.2, 0.25) is 0 Å². The standard InChI is InChI=1S/C24H29N3O2.C11H19N3/c1-4-6-7-12-18(5-2)29-23-16-11-8-13-19(23)21-17-25-27-26-24(21)20-14-9-10-15-22(20)28-3;1-3-5-6-7-10(4-2)11-8-9-12-14-13-11/h8-11,13-18H,4-7,12H2,1-3H3;8-10H,3-7H2,1-2H3. The summed E-state index contributed by atoms with van der Waals surface area (Å²) in [5.74, 6) is 2.16. The van der Waals surface area contributed by atoms with Crippen LogP contribution in [0.3, 0.4) is 0 Å². The maximum Gasteiger partial charge on any atom is 0.128 e. The van der Waals surface area contributed by atoms with E-state index in [-0.39, 0.29) is 6.10 Å². The Morgan fingerprint density at radius 2 is 1.33 bits per heavy atom. The van der Waals surface area contributed by atoms with Crippen molar-refractivity contribution in [3.63, 3.8) is 0 Å². The van der Waals surface area contributed by atoms with Crippen LogP contribution >= 0.6 is 0 Å². The van der Waals surface area contributed by atoms with Crippen LogP contribution in [0.25, 0.3) is 22.4 Å². The average Bonchev–Trinajstić information content (AvgIpc) is 3.07. The highest BCUT2D eigenvalue weighted by Gasteiger charge is 2.18. The SMILES string of the molecule is CCCCCC(CC)Oc1ccccc1-c1cnnnc1-c1ccccc1OC.CCCCCC(CC)c1ccnnn1. The molecule has 4 aromatic rings. The molecule has 0 bridgehead atoms. The Kier molecular flexibility index (Phi) is 15.1. The molecule has 8 nitrogen and oxygen atoms in total. The number of ether oxygens (including phenoxy) is 2. The van der Waals surface area contributed by atoms with E-state index in [2.05, 4.69) is 58.5 Å². The van der Waals surface area contributed by atoms with Crippen molar-refractivity contribution in [3.05, 3.63) is 72.7 Å². The number of hydrogen-bond donors (Lipinski definition) is 0. The molecular weight excluding hydrogens is 536 g/mol. The minimum atomic E-state index is 0.195. The van der Waals surface area contributed by atoms with E-state index in [1.165, 1.54) is 44.9 Å². The van der Waals surface area contributed by atoms with Gasteiger partial charge in [0, 0.05) is 22.6 Å². The number of unbranched alkanes of at least 4 members (excludes halogenated alkanes) is 4. The number of hydrogen-bond acceptors (Lipinski definition) is 8. The van der Waals surface area contributed by atoms with Crippen molar-refractivity contribution in [1.29, 1.82) is 0 Å². The summed E-state index contributed by atoms with van der Waals surface area (Å²) >= 11 is 0. The molecule has 0 amide bonds. The summed E-state index contributed by atoms with van der Waals surface area (Å²) in [5, 5.41) is 23.7. The average molecular weight is 585 g/mol. The van der Waals surface area contributed by atoms with Crippen molar-refractivity contribution in [3.8, 4) is 33.9 Å². The first-order chi connectivity index (χ1) is 21.2. The molecule has 2 atom stereocenters. The molecule has 0 fully saturated rings. The third-order valence-corrected chi connectivity index (χ3v) is 7.65. The Bertz CT molecular complexity index is 1320. The molecular formula is C35H48N6O2. The highest BCUT2D eigenvalue weighted by molar-refractivity contribution is 5.85. The van der Waals surface area contributed by atoms with Crippen LogP contribution in [0.15, 0.2) is 67.0 Å². The third-order valence-electron chi connectivity index (χ3n) is 7.65. The molecule has 0 aliphatic carbocycles. The van der Waals surface area contributed by atoms with Gasteiger partial charge in [-0.3, -0.25) is 0 Å². The molecule has 0 N–H and O–H groups in total. The normalized spacial score (nSPS) is 12.1. The summed E-state index contributed by atoms with van der Waals surface area (Å²) < 4.78 is 12.0. The molecule has 0 spiro atoms. The largest absolute Gasteiger partial charge is 0.496 e. The van der Waals surface area contributed by atoms with Gasteiger partial charge >= 0.3 is 0 Å². The molecule has 230 valence electrons. The molecule has 0 radical (unpaired) electrons. The zero-order chi connectivity index (χ0) is 30.7. The van der Waals surface area contributed by atoms with Crippen LogP contribution in [0.5, 0.6) is 11.5 Å². The van der Waals surface area contributed by atoms with E-state index in [1.807, 2.05) is 54.6 Å². The van der Waals surface area contributed by atoms with Crippen LogP contribution in [-0.4, -0.2) is 44.0 Å². The van der Waals surface area contributed by atoms with Crippen LogP contribution in [0.2, 0.25) is 0 Å². The number of methoxy groups -OCH3 is 1. The summed E-state index contributed by atoms with van der Waals surface area (Å²) in [6.07, 6.45) is 15.6. The van der Waals surface area contributed by atoms with Crippen molar-refractivity contribution in [1.82, 2.24) is 30.8 Å². The van der Waals surface area contributed by atoms with Crippen LogP contribution < -0.4 is 9.47 Å². The predicted molar refractivity (Wildman–Crippen MR) is 173 cm³/mol. The highest BCUT2D eigenvalue weighted by atomic mass is 16.5. The van der Waals surface area contributed by atoms with Gasteiger partial charge in [0.15, 0.2) is 0 Å². The molecule has 2 unspecified atom stereocenters. The van der Waals surface area contributed by atoms with Gasteiger partial charge < -0.3 is 9.47 Å². The Labute approximate surface area is 257 Å². The molecule has 4 rings (SSSR count). The quantitative estimate of drug-likeness (QED) is 0.120. The van der Waals surface area contributed by atoms with Crippen molar-refractivity contribution < 1.29 is 9.47 Å². The smallest absolute Gasteiger partial charge is 0.128 e. The molecule has 0 aliphatic heterocycles. The summed E-state index contributed by atoms with van der Waals surface area (Å²) in [5.41, 5.74) is 4.55. The van der Waals surface area contributed by atoms with Crippen molar-refractivity contribution in [2.45, 2.75) is 104 Å². The van der Waals surface area contributed by atoms with E-state index in [0.29, 0.717) is 5.92 Å². The van der Waals surface area contributed by atoms with Gasteiger partial charge in [0.1, 0.15) is 17.2 Å². The molecule has 2 aromatic heterocycles. The van der Waals surface area contributed by atoms with Crippen LogP contribution in [0.1, 0.15) is 104 Å². The molecule has 43 heavy (non-hydrogen) atoms. The molecule has 8 heteroatoms. The second-order valence-corrected chi connectivity index (χ2v) is 10.7. The minimum absolute atomic E-state index is 0.195. The molecule has 0 saturated heterocycles. The van der Waals surface area contributed by atoms with Gasteiger partial charge in [-0.2, -0.15) is 0 Å². The number of nitrogens with zero attached hydrogens (tertiary/aromatic N) is 6. The van der Waals surface area contributed by atoms with E-state index >= 15 is 0 Å². The first kappa shape index (κ1) is 33.6. The monoisotopic (exact) mass is 584 g/mol. The van der Waals surface area contributed by atoms with Gasteiger partial charge in [-0.05, 0) is 66.8 Å². The topological polar surface area (TPSA) is 95.8 Å². The molecule has 2 aromatic carbocycles. The Morgan fingerprint density at radius 3 is 1.98 bits per heavy atom. The maximum atomic E-state index is 6.44. The lowest BCUT2D eigenvalue weighted by Gasteiger charge is -2.20. The van der Waals surface area contributed by atoms with Gasteiger partial charge in [-0.1, -0.05) is 90.1 Å². The van der Waals surface area contributed by atoms with E-state index in [9.17, 15) is 0 Å².